The van der Waals surface area contributed by atoms with Gasteiger partial charge in [-0.1, -0.05) is 13.8 Å². The highest BCUT2D eigenvalue weighted by molar-refractivity contribution is 5.82. The van der Waals surface area contributed by atoms with Crippen molar-refractivity contribution in [2.24, 2.45) is 7.05 Å². The van der Waals surface area contributed by atoms with Crippen LogP contribution >= 0.6 is 0 Å². The van der Waals surface area contributed by atoms with Gasteiger partial charge in [-0.15, -0.1) is 0 Å². The summed E-state index contributed by atoms with van der Waals surface area (Å²) in [5, 5.41) is 1.04. The average molecular weight is 190 g/mol. The largest absolute Gasteiger partial charge is 0.357 e. The third-order valence-electron chi connectivity index (χ3n) is 2.55. The fraction of sp³-hybridized carbons (Fsp3) is 0.364. The number of aryl methyl sites for hydroxylation is 1. The number of hydrogen-bond acceptors (Lipinski definition) is 1. The van der Waals surface area contributed by atoms with Crippen molar-refractivity contribution in [1.82, 2.24) is 9.55 Å². The Morgan fingerprint density at radius 2 is 2.14 bits per heavy atom. The quantitative estimate of drug-likeness (QED) is 0.733. The van der Waals surface area contributed by atoms with E-state index in [-0.39, 0.29) is 5.56 Å². The van der Waals surface area contributed by atoms with Crippen LogP contribution in [0.2, 0.25) is 0 Å². The number of aromatic amines is 1. The van der Waals surface area contributed by atoms with E-state index in [0.29, 0.717) is 11.4 Å². The molecule has 0 spiro atoms. The van der Waals surface area contributed by atoms with Gasteiger partial charge in [-0.05, 0) is 17.5 Å². The molecule has 3 heteroatoms. The molecule has 0 bridgehead atoms. The second kappa shape index (κ2) is 3.01. The Morgan fingerprint density at radius 3 is 2.79 bits per heavy atom. The monoisotopic (exact) mass is 190 g/mol. The molecule has 74 valence electrons. The molecule has 0 saturated carbocycles. The molecule has 2 rings (SSSR count). The molecule has 0 aliphatic heterocycles. The Hall–Kier alpha value is -1.51. The fourth-order valence-electron chi connectivity index (χ4n) is 1.76. The summed E-state index contributed by atoms with van der Waals surface area (Å²) in [5.41, 5.74) is 1.96. The molecule has 0 aliphatic carbocycles. The lowest BCUT2D eigenvalue weighted by molar-refractivity contribution is 0.809. The van der Waals surface area contributed by atoms with Crippen molar-refractivity contribution in [3.8, 4) is 0 Å². The Morgan fingerprint density at radius 1 is 1.43 bits per heavy atom. The number of pyridine rings is 1. The Kier molecular flexibility index (Phi) is 1.95. The number of nitrogens with one attached hydrogen (secondary N) is 1. The number of fused-ring (bicyclic) bond motifs is 1. The zero-order chi connectivity index (χ0) is 10.3. The summed E-state index contributed by atoms with van der Waals surface area (Å²) in [7, 11) is 1.79. The van der Waals surface area contributed by atoms with E-state index in [1.54, 1.807) is 11.6 Å². The summed E-state index contributed by atoms with van der Waals surface area (Å²) in [4.78, 5) is 14.7. The topological polar surface area (TPSA) is 37.8 Å². The van der Waals surface area contributed by atoms with Crippen molar-refractivity contribution in [3.63, 3.8) is 0 Å². The molecule has 0 saturated heterocycles. The molecule has 14 heavy (non-hydrogen) atoms. The molecule has 1 N–H and O–H groups in total. The number of H-pyrrole nitrogens is 1. The lowest BCUT2D eigenvalue weighted by Gasteiger charge is -2.09. The van der Waals surface area contributed by atoms with E-state index < -0.39 is 0 Å². The van der Waals surface area contributed by atoms with Crippen LogP contribution in [0, 0.1) is 0 Å². The minimum atomic E-state index is 0.0365. The van der Waals surface area contributed by atoms with Gasteiger partial charge in [0.15, 0.2) is 0 Å². The SMILES string of the molecule is CC(C)c1cn(C)c(=O)c2[nH]ccc12. The normalized spacial score (nSPS) is 11.4. The van der Waals surface area contributed by atoms with Crippen molar-refractivity contribution in [2.75, 3.05) is 0 Å². The fourth-order valence-corrected chi connectivity index (χ4v) is 1.76. The summed E-state index contributed by atoms with van der Waals surface area (Å²) in [6.45, 7) is 4.26. The smallest absolute Gasteiger partial charge is 0.274 e. The van der Waals surface area contributed by atoms with Gasteiger partial charge >= 0.3 is 0 Å². The summed E-state index contributed by atoms with van der Waals surface area (Å²) >= 11 is 0. The first-order valence-corrected chi connectivity index (χ1v) is 4.78. The van der Waals surface area contributed by atoms with Gasteiger partial charge in [0, 0.05) is 24.8 Å². The van der Waals surface area contributed by atoms with Crippen LogP contribution in [-0.2, 0) is 7.05 Å². The number of aromatic nitrogens is 2. The van der Waals surface area contributed by atoms with Crippen LogP contribution in [0.15, 0.2) is 23.3 Å². The van der Waals surface area contributed by atoms with E-state index in [0.717, 1.165) is 5.39 Å². The predicted molar refractivity (Wildman–Crippen MR) is 57.6 cm³/mol. The summed E-state index contributed by atoms with van der Waals surface area (Å²) in [6.07, 6.45) is 3.74. The molecule has 2 heterocycles. The van der Waals surface area contributed by atoms with Gasteiger partial charge in [-0.3, -0.25) is 4.79 Å². The van der Waals surface area contributed by atoms with Gasteiger partial charge in [-0.2, -0.15) is 0 Å². The van der Waals surface area contributed by atoms with Crippen molar-refractivity contribution in [1.29, 1.82) is 0 Å². The van der Waals surface area contributed by atoms with Crippen LogP contribution < -0.4 is 5.56 Å². The predicted octanol–water partition coefficient (Wildman–Crippen LogP) is 1.99. The van der Waals surface area contributed by atoms with Crippen LogP contribution in [0.25, 0.3) is 10.9 Å². The zero-order valence-electron chi connectivity index (χ0n) is 8.66. The van der Waals surface area contributed by atoms with Gasteiger partial charge in [0.05, 0.1) is 0 Å². The zero-order valence-corrected chi connectivity index (χ0v) is 8.66. The lowest BCUT2D eigenvalue weighted by atomic mass is 10.0. The van der Waals surface area contributed by atoms with E-state index >= 15 is 0 Å². The molecular weight excluding hydrogens is 176 g/mol. The Labute approximate surface area is 82.4 Å². The Balaban J connectivity index is 2.92. The summed E-state index contributed by atoms with van der Waals surface area (Å²) in [5.74, 6) is 0.431. The summed E-state index contributed by atoms with van der Waals surface area (Å²) in [6, 6.07) is 1.96. The standard InChI is InChI=1S/C11H14N2O/c1-7(2)9-6-13(3)11(14)10-8(9)4-5-12-10/h4-7,12H,1-3H3. The molecule has 0 aromatic carbocycles. The maximum atomic E-state index is 11.7. The van der Waals surface area contributed by atoms with Gasteiger partial charge in [0.1, 0.15) is 5.52 Å². The van der Waals surface area contributed by atoms with Gasteiger partial charge in [0.2, 0.25) is 0 Å². The van der Waals surface area contributed by atoms with Crippen molar-refractivity contribution in [3.05, 3.63) is 34.4 Å². The van der Waals surface area contributed by atoms with Crippen LogP contribution in [0.3, 0.4) is 0 Å². The number of rotatable bonds is 1. The third-order valence-corrected chi connectivity index (χ3v) is 2.55. The van der Waals surface area contributed by atoms with E-state index in [9.17, 15) is 4.79 Å². The first-order chi connectivity index (χ1) is 6.61. The molecule has 0 fully saturated rings. The number of hydrogen-bond donors (Lipinski definition) is 1. The minimum absolute atomic E-state index is 0.0365. The van der Waals surface area contributed by atoms with Crippen molar-refractivity contribution in [2.45, 2.75) is 19.8 Å². The van der Waals surface area contributed by atoms with Crippen LogP contribution in [-0.4, -0.2) is 9.55 Å². The first-order valence-electron chi connectivity index (χ1n) is 4.78. The highest BCUT2D eigenvalue weighted by Gasteiger charge is 2.09. The van der Waals surface area contributed by atoms with Crippen molar-refractivity contribution < 1.29 is 0 Å². The van der Waals surface area contributed by atoms with E-state index in [1.807, 2.05) is 18.5 Å². The molecular formula is C11H14N2O. The molecule has 2 aromatic rings. The molecule has 0 amide bonds. The first kappa shape index (κ1) is 9.06. The van der Waals surface area contributed by atoms with Gasteiger partial charge in [0.25, 0.3) is 5.56 Å². The maximum absolute atomic E-state index is 11.7. The van der Waals surface area contributed by atoms with E-state index in [4.69, 9.17) is 0 Å². The lowest BCUT2D eigenvalue weighted by Crippen LogP contribution is -2.17. The molecule has 0 atom stereocenters. The van der Waals surface area contributed by atoms with Gasteiger partial charge in [-0.25, -0.2) is 0 Å². The second-order valence-electron chi connectivity index (χ2n) is 3.92. The molecule has 3 nitrogen and oxygen atoms in total. The minimum Gasteiger partial charge on any atom is -0.357 e. The number of nitrogens with zero attached hydrogens (tertiary/aromatic N) is 1. The average Bonchev–Trinajstić information content (AvgIpc) is 2.59. The van der Waals surface area contributed by atoms with Crippen LogP contribution in [0.1, 0.15) is 25.3 Å². The van der Waals surface area contributed by atoms with Crippen molar-refractivity contribution >= 4 is 10.9 Å². The van der Waals surface area contributed by atoms with E-state index in [1.165, 1.54) is 5.56 Å². The highest BCUT2D eigenvalue weighted by atomic mass is 16.1. The van der Waals surface area contributed by atoms with Crippen LogP contribution in [0.4, 0.5) is 0 Å². The third kappa shape index (κ3) is 1.16. The Bertz CT molecular complexity index is 520. The summed E-state index contributed by atoms with van der Waals surface area (Å²) < 4.78 is 1.63. The molecule has 0 aliphatic rings. The maximum Gasteiger partial charge on any atom is 0.274 e. The van der Waals surface area contributed by atoms with Crippen LogP contribution in [0.5, 0.6) is 0 Å². The molecule has 0 unspecified atom stereocenters. The van der Waals surface area contributed by atoms with Gasteiger partial charge < -0.3 is 9.55 Å². The second-order valence-corrected chi connectivity index (χ2v) is 3.92. The highest BCUT2D eigenvalue weighted by Crippen LogP contribution is 2.21. The van der Waals surface area contributed by atoms with E-state index in [2.05, 4.69) is 18.8 Å². The molecule has 0 radical (unpaired) electrons. The molecule has 2 aromatic heterocycles.